The molecule has 0 bridgehead atoms. The van der Waals surface area contributed by atoms with Crippen LogP contribution in [0.2, 0.25) is 0 Å². The Bertz CT molecular complexity index is 550. The van der Waals surface area contributed by atoms with Gasteiger partial charge >= 0.3 is 0 Å². The maximum atomic E-state index is 13.1. The van der Waals surface area contributed by atoms with Crippen LogP contribution in [0.25, 0.3) is 0 Å². The van der Waals surface area contributed by atoms with Crippen molar-refractivity contribution in [1.29, 1.82) is 0 Å². The SMILES string of the molecule is O=C1N(CC2CCCO2)C(c2ccc(F)cc2)NC12CC2. The zero-order valence-corrected chi connectivity index (χ0v) is 11.8. The van der Waals surface area contributed by atoms with Gasteiger partial charge in [-0.1, -0.05) is 12.1 Å². The summed E-state index contributed by atoms with van der Waals surface area (Å²) in [5.74, 6) is -0.0813. The highest BCUT2D eigenvalue weighted by atomic mass is 19.1. The van der Waals surface area contributed by atoms with Crippen LogP contribution in [0.4, 0.5) is 4.39 Å². The molecular weight excluding hydrogens is 271 g/mol. The molecule has 1 saturated carbocycles. The Morgan fingerprint density at radius 2 is 2.10 bits per heavy atom. The molecule has 2 saturated heterocycles. The first kappa shape index (κ1) is 13.2. The van der Waals surface area contributed by atoms with Crippen LogP contribution in [0.1, 0.15) is 37.4 Å². The van der Waals surface area contributed by atoms with E-state index in [0.29, 0.717) is 6.54 Å². The average molecular weight is 290 g/mol. The van der Waals surface area contributed by atoms with E-state index < -0.39 is 0 Å². The van der Waals surface area contributed by atoms with Crippen LogP contribution < -0.4 is 5.32 Å². The Hall–Kier alpha value is -1.46. The summed E-state index contributed by atoms with van der Waals surface area (Å²) in [5.41, 5.74) is 0.573. The van der Waals surface area contributed by atoms with Crippen molar-refractivity contribution in [2.75, 3.05) is 13.2 Å². The van der Waals surface area contributed by atoms with E-state index in [1.54, 1.807) is 12.1 Å². The van der Waals surface area contributed by atoms with Crippen molar-refractivity contribution >= 4 is 5.91 Å². The van der Waals surface area contributed by atoms with Gasteiger partial charge in [0.2, 0.25) is 5.91 Å². The highest BCUT2D eigenvalue weighted by Gasteiger charge is 2.59. The molecule has 3 aliphatic rings. The minimum Gasteiger partial charge on any atom is -0.376 e. The van der Waals surface area contributed by atoms with Gasteiger partial charge in [-0.05, 0) is 43.4 Å². The molecule has 3 fully saturated rings. The van der Waals surface area contributed by atoms with Crippen LogP contribution in [0, 0.1) is 5.82 Å². The maximum absolute atomic E-state index is 13.1. The Labute approximate surface area is 123 Å². The number of halogens is 1. The van der Waals surface area contributed by atoms with E-state index in [-0.39, 0.29) is 29.5 Å². The van der Waals surface area contributed by atoms with Gasteiger partial charge in [0.15, 0.2) is 0 Å². The van der Waals surface area contributed by atoms with Crippen molar-refractivity contribution < 1.29 is 13.9 Å². The molecule has 4 rings (SSSR count). The van der Waals surface area contributed by atoms with Crippen molar-refractivity contribution in [3.8, 4) is 0 Å². The third-order valence-electron chi connectivity index (χ3n) is 4.75. The van der Waals surface area contributed by atoms with E-state index in [9.17, 15) is 9.18 Å². The van der Waals surface area contributed by atoms with Gasteiger partial charge in [-0.15, -0.1) is 0 Å². The molecule has 1 aromatic carbocycles. The number of nitrogens with one attached hydrogen (secondary N) is 1. The number of benzene rings is 1. The largest absolute Gasteiger partial charge is 0.376 e. The third-order valence-corrected chi connectivity index (χ3v) is 4.75. The van der Waals surface area contributed by atoms with Crippen LogP contribution in [0.5, 0.6) is 0 Å². The number of hydrogen-bond acceptors (Lipinski definition) is 3. The molecule has 2 heterocycles. The van der Waals surface area contributed by atoms with Crippen molar-refractivity contribution in [3.63, 3.8) is 0 Å². The molecular formula is C16H19FN2O2. The quantitative estimate of drug-likeness (QED) is 0.925. The fourth-order valence-electron chi connectivity index (χ4n) is 3.38. The number of rotatable bonds is 3. The van der Waals surface area contributed by atoms with Crippen LogP contribution in [0.15, 0.2) is 24.3 Å². The van der Waals surface area contributed by atoms with E-state index >= 15 is 0 Å². The van der Waals surface area contributed by atoms with E-state index in [1.807, 2.05) is 4.90 Å². The number of nitrogens with zero attached hydrogens (tertiary/aromatic N) is 1. The minimum atomic E-state index is -0.363. The first-order valence-electron chi connectivity index (χ1n) is 7.64. The first-order chi connectivity index (χ1) is 10.2. The number of ether oxygens (including phenoxy) is 1. The van der Waals surface area contributed by atoms with Gasteiger partial charge in [0, 0.05) is 13.2 Å². The van der Waals surface area contributed by atoms with Crippen LogP contribution in [-0.4, -0.2) is 35.6 Å². The molecule has 2 atom stereocenters. The maximum Gasteiger partial charge on any atom is 0.244 e. The van der Waals surface area contributed by atoms with Gasteiger partial charge in [-0.25, -0.2) is 4.39 Å². The standard InChI is InChI=1S/C16H19FN2O2/c17-12-5-3-11(4-6-12)14-18-16(7-8-16)15(20)19(14)10-13-2-1-9-21-13/h3-6,13-14,18H,1-2,7-10H2. The molecule has 21 heavy (non-hydrogen) atoms. The predicted octanol–water partition coefficient (Wildman–Crippen LogP) is 1.97. The predicted molar refractivity (Wildman–Crippen MR) is 74.9 cm³/mol. The third kappa shape index (κ3) is 2.24. The lowest BCUT2D eigenvalue weighted by molar-refractivity contribution is -0.132. The summed E-state index contributed by atoms with van der Waals surface area (Å²) in [4.78, 5) is 14.5. The van der Waals surface area contributed by atoms with Crippen molar-refractivity contribution in [1.82, 2.24) is 10.2 Å². The molecule has 1 aliphatic carbocycles. The minimum absolute atomic E-state index is 0.132. The zero-order chi connectivity index (χ0) is 14.4. The lowest BCUT2D eigenvalue weighted by Crippen LogP contribution is -2.37. The number of carbonyl (C=O) groups excluding carboxylic acids is 1. The molecule has 0 aromatic heterocycles. The number of carbonyl (C=O) groups is 1. The average Bonchev–Trinajstić information content (AvgIpc) is 2.99. The van der Waals surface area contributed by atoms with Crippen molar-refractivity contribution in [3.05, 3.63) is 35.6 Å². The smallest absolute Gasteiger partial charge is 0.244 e. The summed E-state index contributed by atoms with van der Waals surface area (Å²) in [5, 5.41) is 3.45. The van der Waals surface area contributed by atoms with E-state index in [1.165, 1.54) is 12.1 Å². The summed E-state index contributed by atoms with van der Waals surface area (Å²) >= 11 is 0. The summed E-state index contributed by atoms with van der Waals surface area (Å²) in [6.07, 6.45) is 3.83. The van der Waals surface area contributed by atoms with Gasteiger partial charge in [0.25, 0.3) is 0 Å². The van der Waals surface area contributed by atoms with Gasteiger partial charge in [-0.2, -0.15) is 0 Å². The summed E-state index contributed by atoms with van der Waals surface area (Å²) in [6, 6.07) is 6.40. The highest BCUT2D eigenvalue weighted by molar-refractivity contribution is 5.92. The van der Waals surface area contributed by atoms with Crippen molar-refractivity contribution in [2.24, 2.45) is 0 Å². The van der Waals surface area contributed by atoms with Crippen molar-refractivity contribution in [2.45, 2.75) is 43.5 Å². The Morgan fingerprint density at radius 1 is 1.33 bits per heavy atom. The molecule has 4 nitrogen and oxygen atoms in total. The van der Waals surface area contributed by atoms with Crippen LogP contribution in [-0.2, 0) is 9.53 Å². The normalized spacial score (nSPS) is 30.3. The monoisotopic (exact) mass is 290 g/mol. The second kappa shape index (κ2) is 4.78. The summed E-state index contributed by atoms with van der Waals surface area (Å²) < 4.78 is 18.8. The van der Waals surface area contributed by atoms with E-state index in [4.69, 9.17) is 4.74 Å². The van der Waals surface area contributed by atoms with Crippen LogP contribution >= 0.6 is 0 Å². The number of amides is 1. The fraction of sp³-hybridized carbons (Fsp3) is 0.562. The second-order valence-electron chi connectivity index (χ2n) is 6.27. The van der Waals surface area contributed by atoms with E-state index in [2.05, 4.69) is 5.32 Å². The molecule has 1 aromatic rings. The lowest BCUT2D eigenvalue weighted by Gasteiger charge is -2.27. The zero-order valence-electron chi connectivity index (χ0n) is 11.8. The topological polar surface area (TPSA) is 41.6 Å². The molecule has 1 amide bonds. The van der Waals surface area contributed by atoms with Gasteiger partial charge < -0.3 is 9.64 Å². The molecule has 112 valence electrons. The lowest BCUT2D eigenvalue weighted by atomic mass is 10.1. The highest BCUT2D eigenvalue weighted by Crippen LogP contribution is 2.46. The molecule has 2 aliphatic heterocycles. The Balaban J connectivity index is 1.60. The molecule has 1 N–H and O–H groups in total. The fourth-order valence-corrected chi connectivity index (χ4v) is 3.38. The molecule has 1 spiro atoms. The summed E-state index contributed by atoms with van der Waals surface area (Å²) in [7, 11) is 0. The molecule has 2 unspecified atom stereocenters. The van der Waals surface area contributed by atoms with E-state index in [0.717, 1.165) is 37.9 Å². The van der Waals surface area contributed by atoms with Gasteiger partial charge in [0.05, 0.1) is 6.10 Å². The second-order valence-corrected chi connectivity index (χ2v) is 6.27. The Kier molecular flexibility index (Phi) is 3.01. The first-order valence-corrected chi connectivity index (χ1v) is 7.64. The molecule has 5 heteroatoms. The van der Waals surface area contributed by atoms with Gasteiger partial charge in [0.1, 0.15) is 17.5 Å². The van der Waals surface area contributed by atoms with Crippen LogP contribution in [0.3, 0.4) is 0 Å². The van der Waals surface area contributed by atoms with Gasteiger partial charge in [-0.3, -0.25) is 10.1 Å². The Morgan fingerprint density at radius 3 is 2.71 bits per heavy atom. The summed E-state index contributed by atoms with van der Waals surface area (Å²) in [6.45, 7) is 1.40. The molecule has 0 radical (unpaired) electrons. The number of hydrogen-bond donors (Lipinski definition) is 1.